The van der Waals surface area contributed by atoms with E-state index < -0.39 is 6.04 Å². The van der Waals surface area contributed by atoms with Gasteiger partial charge >= 0.3 is 0 Å². The summed E-state index contributed by atoms with van der Waals surface area (Å²) in [5, 5.41) is 7.89. The van der Waals surface area contributed by atoms with Crippen molar-refractivity contribution in [1.29, 1.82) is 5.41 Å². The molecule has 0 unspecified atom stereocenters. The Kier molecular flexibility index (Phi) is 4.15. The van der Waals surface area contributed by atoms with Crippen molar-refractivity contribution >= 4 is 17.6 Å². The fourth-order valence-electron chi connectivity index (χ4n) is 4.26. The molecule has 5 nitrogen and oxygen atoms in total. The third-order valence-corrected chi connectivity index (χ3v) is 5.61. The summed E-state index contributed by atoms with van der Waals surface area (Å²) in [6.07, 6.45) is 8.09. The molecular weight excluding hydrogens is 314 g/mol. The van der Waals surface area contributed by atoms with Crippen molar-refractivity contribution < 1.29 is 9.59 Å². The zero-order valence-corrected chi connectivity index (χ0v) is 14.3. The van der Waals surface area contributed by atoms with Gasteiger partial charge in [0.05, 0.1) is 0 Å². The summed E-state index contributed by atoms with van der Waals surface area (Å²) in [4.78, 5) is 29.1. The molecule has 1 aliphatic carbocycles. The van der Waals surface area contributed by atoms with Crippen molar-refractivity contribution in [3.05, 3.63) is 47.7 Å². The summed E-state index contributed by atoms with van der Waals surface area (Å²) in [7, 11) is 0. The topological polar surface area (TPSA) is 64.5 Å². The van der Waals surface area contributed by atoms with Gasteiger partial charge in [0.25, 0.3) is 5.91 Å². The Morgan fingerprint density at radius 1 is 1.08 bits per heavy atom. The first kappa shape index (κ1) is 16.1. The third kappa shape index (κ3) is 2.88. The summed E-state index contributed by atoms with van der Waals surface area (Å²) in [6, 6.07) is 7.92. The molecule has 1 saturated heterocycles. The maximum Gasteiger partial charge on any atom is 0.254 e. The number of nitrogens with zero attached hydrogens (tertiary/aromatic N) is 2. The minimum Gasteiger partial charge on any atom is -0.330 e. The van der Waals surface area contributed by atoms with Gasteiger partial charge in [0.2, 0.25) is 5.91 Å². The van der Waals surface area contributed by atoms with E-state index in [-0.39, 0.29) is 17.7 Å². The number of fused-ring (bicyclic) bond motifs is 1. The van der Waals surface area contributed by atoms with Crippen molar-refractivity contribution in [1.82, 2.24) is 9.80 Å². The summed E-state index contributed by atoms with van der Waals surface area (Å²) in [6.45, 7) is 0.651. The maximum atomic E-state index is 13.1. The van der Waals surface area contributed by atoms with Gasteiger partial charge in [-0.1, -0.05) is 30.3 Å². The van der Waals surface area contributed by atoms with Crippen molar-refractivity contribution in [2.45, 2.75) is 44.6 Å². The number of rotatable bonds is 2. The van der Waals surface area contributed by atoms with Crippen LogP contribution in [0.3, 0.4) is 0 Å². The highest BCUT2D eigenvalue weighted by Gasteiger charge is 2.40. The lowest BCUT2D eigenvalue weighted by Crippen LogP contribution is -2.49. The Bertz CT molecular complexity index is 755. The standard InChI is InChI=1S/C20H23N3O2/c21-18-8-4-12-23(18)20(25)17-7-3-11-22(17)19(24)16-10-9-14-5-1-2-6-15(14)13-16/h1-2,4-6,12,16-17,21H,3,7-11,13H2/t16-,17-/m0/s1. The normalized spacial score (nSPS) is 25.4. The Labute approximate surface area is 147 Å². The first-order chi connectivity index (χ1) is 12.1. The molecule has 1 aromatic carbocycles. The molecule has 2 aliphatic heterocycles. The molecule has 2 heterocycles. The second-order valence-corrected chi connectivity index (χ2v) is 7.14. The number of nitrogens with one attached hydrogen (secondary N) is 1. The minimum atomic E-state index is -0.409. The predicted molar refractivity (Wildman–Crippen MR) is 95.0 cm³/mol. The van der Waals surface area contributed by atoms with Gasteiger partial charge < -0.3 is 4.90 Å². The predicted octanol–water partition coefficient (Wildman–Crippen LogP) is 2.51. The molecular formula is C20H23N3O2. The van der Waals surface area contributed by atoms with E-state index in [9.17, 15) is 9.59 Å². The van der Waals surface area contributed by atoms with Crippen LogP contribution < -0.4 is 0 Å². The molecule has 130 valence electrons. The van der Waals surface area contributed by atoms with Crippen LogP contribution >= 0.6 is 0 Å². The van der Waals surface area contributed by atoms with Gasteiger partial charge in [-0.25, -0.2) is 0 Å². The van der Waals surface area contributed by atoms with Crippen LogP contribution in [0.5, 0.6) is 0 Å². The molecule has 1 N–H and O–H groups in total. The van der Waals surface area contributed by atoms with Crippen LogP contribution in [0.25, 0.3) is 0 Å². The highest BCUT2D eigenvalue weighted by atomic mass is 16.2. The molecule has 2 amide bonds. The Morgan fingerprint density at radius 2 is 1.88 bits per heavy atom. The molecule has 0 radical (unpaired) electrons. The zero-order chi connectivity index (χ0) is 17.4. The molecule has 2 atom stereocenters. The van der Waals surface area contributed by atoms with Gasteiger partial charge in [-0.2, -0.15) is 0 Å². The van der Waals surface area contributed by atoms with Gasteiger partial charge in [-0.3, -0.25) is 19.9 Å². The van der Waals surface area contributed by atoms with Gasteiger partial charge in [0, 0.05) is 25.1 Å². The number of hydrogen-bond donors (Lipinski definition) is 1. The van der Waals surface area contributed by atoms with E-state index in [0.717, 1.165) is 25.7 Å². The average Bonchev–Trinajstić information content (AvgIpc) is 3.29. The molecule has 4 rings (SSSR count). The van der Waals surface area contributed by atoms with E-state index in [0.29, 0.717) is 25.2 Å². The molecule has 5 heteroatoms. The number of hydrogen-bond acceptors (Lipinski definition) is 3. The van der Waals surface area contributed by atoms with Crippen LogP contribution in [0, 0.1) is 11.3 Å². The molecule has 0 aromatic heterocycles. The zero-order valence-electron chi connectivity index (χ0n) is 14.3. The van der Waals surface area contributed by atoms with Crippen molar-refractivity contribution in [3.8, 4) is 0 Å². The van der Waals surface area contributed by atoms with Gasteiger partial charge in [-0.05, 0) is 43.2 Å². The summed E-state index contributed by atoms with van der Waals surface area (Å²) < 4.78 is 0. The van der Waals surface area contributed by atoms with Crippen molar-refractivity contribution in [2.75, 3.05) is 6.54 Å². The second kappa shape index (κ2) is 6.47. The average molecular weight is 337 g/mol. The fraction of sp³-hybridized carbons (Fsp3) is 0.450. The highest BCUT2D eigenvalue weighted by molar-refractivity contribution is 6.03. The minimum absolute atomic E-state index is 0.0307. The molecule has 1 fully saturated rings. The second-order valence-electron chi connectivity index (χ2n) is 7.14. The number of carbonyl (C=O) groups is 2. The van der Waals surface area contributed by atoms with Crippen molar-refractivity contribution in [2.24, 2.45) is 5.92 Å². The van der Waals surface area contributed by atoms with Gasteiger partial charge in [0.1, 0.15) is 11.9 Å². The Hall–Kier alpha value is -2.43. The molecule has 0 saturated carbocycles. The maximum absolute atomic E-state index is 13.1. The van der Waals surface area contributed by atoms with Crippen LogP contribution in [0.1, 0.15) is 36.8 Å². The number of amides is 2. The number of amidine groups is 1. The van der Waals surface area contributed by atoms with Gasteiger partial charge in [0.15, 0.2) is 0 Å². The van der Waals surface area contributed by atoms with E-state index in [2.05, 4.69) is 18.2 Å². The van der Waals surface area contributed by atoms with Crippen molar-refractivity contribution in [3.63, 3.8) is 0 Å². The fourth-order valence-corrected chi connectivity index (χ4v) is 4.26. The number of aryl methyl sites for hydroxylation is 1. The van der Waals surface area contributed by atoms with Crippen LogP contribution in [0.15, 0.2) is 36.5 Å². The smallest absolute Gasteiger partial charge is 0.254 e. The molecule has 0 spiro atoms. The van der Waals surface area contributed by atoms with E-state index in [1.54, 1.807) is 11.1 Å². The van der Waals surface area contributed by atoms with E-state index in [1.807, 2.05) is 12.1 Å². The summed E-state index contributed by atoms with van der Waals surface area (Å²) in [5.41, 5.74) is 2.61. The van der Waals surface area contributed by atoms with Gasteiger partial charge in [-0.15, -0.1) is 0 Å². The summed E-state index contributed by atoms with van der Waals surface area (Å²) in [5.74, 6) is 0.258. The quantitative estimate of drug-likeness (QED) is 0.901. The monoisotopic (exact) mass is 337 g/mol. The third-order valence-electron chi connectivity index (χ3n) is 5.61. The van der Waals surface area contributed by atoms with Crippen LogP contribution in [-0.4, -0.2) is 40.0 Å². The van der Waals surface area contributed by atoms with Crippen LogP contribution in [-0.2, 0) is 22.4 Å². The lowest BCUT2D eigenvalue weighted by Gasteiger charge is -2.32. The SMILES string of the molecule is N=C1CC=CN1C(=O)[C@@H]1CCCN1C(=O)[C@H]1CCc2ccccc2C1. The highest BCUT2D eigenvalue weighted by Crippen LogP contribution is 2.30. The van der Waals surface area contributed by atoms with E-state index >= 15 is 0 Å². The first-order valence-corrected chi connectivity index (χ1v) is 9.09. The number of carbonyl (C=O) groups excluding carboxylic acids is 2. The van der Waals surface area contributed by atoms with E-state index in [1.165, 1.54) is 16.0 Å². The molecule has 1 aromatic rings. The Morgan fingerprint density at radius 3 is 2.64 bits per heavy atom. The molecule has 0 bridgehead atoms. The Balaban J connectivity index is 1.49. The first-order valence-electron chi connectivity index (χ1n) is 9.09. The molecule has 25 heavy (non-hydrogen) atoms. The van der Waals surface area contributed by atoms with Crippen LogP contribution in [0.4, 0.5) is 0 Å². The number of likely N-dealkylation sites (tertiary alicyclic amines) is 1. The molecule has 3 aliphatic rings. The largest absolute Gasteiger partial charge is 0.330 e. The number of benzene rings is 1. The lowest BCUT2D eigenvalue weighted by molar-refractivity contribution is -0.143. The lowest BCUT2D eigenvalue weighted by atomic mass is 9.83. The van der Waals surface area contributed by atoms with E-state index in [4.69, 9.17) is 5.41 Å². The summed E-state index contributed by atoms with van der Waals surface area (Å²) >= 11 is 0. The van der Waals surface area contributed by atoms with Crippen LogP contribution in [0.2, 0.25) is 0 Å².